The molecule has 1 saturated heterocycles. The minimum Gasteiger partial charge on any atom is -0.420 e. The van der Waals surface area contributed by atoms with Crippen LogP contribution < -0.4 is 15.0 Å². The maximum absolute atomic E-state index is 12.8. The maximum atomic E-state index is 12.8. The van der Waals surface area contributed by atoms with Crippen molar-refractivity contribution in [2.75, 3.05) is 30.1 Å². The van der Waals surface area contributed by atoms with Gasteiger partial charge in [-0.1, -0.05) is 0 Å². The maximum Gasteiger partial charge on any atom is 0.487 e. The first-order chi connectivity index (χ1) is 14.8. The second-order valence-electron chi connectivity index (χ2n) is 6.98. The van der Waals surface area contributed by atoms with Crippen molar-refractivity contribution in [3.05, 3.63) is 59.8 Å². The van der Waals surface area contributed by atoms with E-state index < -0.39 is 5.57 Å². The highest BCUT2D eigenvalue weighted by Crippen LogP contribution is 2.33. The molecule has 2 aromatic carbocycles. The number of H-pyrrole nitrogens is 1. The highest BCUT2D eigenvalue weighted by molar-refractivity contribution is 6.20. The summed E-state index contributed by atoms with van der Waals surface area (Å²) in [6.45, 7) is 3.74. The van der Waals surface area contributed by atoms with E-state index in [1.54, 1.807) is 12.1 Å². The Hall–Kier alpha value is -3.17. The summed E-state index contributed by atoms with van der Waals surface area (Å²) in [4.78, 5) is 14.9. The second-order valence-corrected chi connectivity index (χ2v) is 7.42. The molecule has 0 unspecified atom stereocenters. The van der Waals surface area contributed by atoms with Crippen LogP contribution in [-0.2, 0) is 4.74 Å². The molecule has 1 aliphatic heterocycles. The Kier molecular flexibility index (Phi) is 5.79. The van der Waals surface area contributed by atoms with Crippen LogP contribution in [0.2, 0.25) is 0 Å². The number of aromatic nitrogens is 2. The molecule has 0 bridgehead atoms. The monoisotopic (exact) mass is 448 g/mol. The van der Waals surface area contributed by atoms with Crippen molar-refractivity contribution in [1.82, 2.24) is 10.2 Å². The lowest BCUT2D eigenvalue weighted by Crippen LogP contribution is -2.20. The van der Waals surface area contributed by atoms with Crippen molar-refractivity contribution >= 4 is 28.9 Å². The number of halogens is 3. The molecule has 0 atom stereocenters. The number of aromatic amines is 1. The lowest BCUT2D eigenvalue weighted by molar-refractivity contribution is -0.0964. The number of nitrogens with one attached hydrogen (secondary N) is 2. The van der Waals surface area contributed by atoms with Crippen LogP contribution in [0.25, 0.3) is 11.3 Å². The number of ether oxygens (including phenoxy) is 2. The van der Waals surface area contributed by atoms with Gasteiger partial charge in [0, 0.05) is 40.6 Å². The highest BCUT2D eigenvalue weighted by atomic mass is 35.5. The zero-order valence-corrected chi connectivity index (χ0v) is 17.2. The predicted octanol–water partition coefficient (Wildman–Crippen LogP) is 4.60. The summed E-state index contributed by atoms with van der Waals surface area (Å²) >= 11 is 4.75. The minimum absolute atomic E-state index is 0.118. The smallest absolute Gasteiger partial charge is 0.420 e. The number of carbonyl (C=O) groups is 1. The molecule has 0 saturated carbocycles. The number of amides is 1. The van der Waals surface area contributed by atoms with Crippen LogP contribution in [0, 0.1) is 6.92 Å². The molecule has 1 aliphatic rings. The average Bonchev–Trinajstić information content (AvgIpc) is 3.40. The van der Waals surface area contributed by atoms with E-state index in [9.17, 15) is 13.6 Å². The first kappa shape index (κ1) is 21.1. The zero-order valence-electron chi connectivity index (χ0n) is 16.5. The van der Waals surface area contributed by atoms with Crippen molar-refractivity contribution in [3.63, 3.8) is 0 Å². The summed E-state index contributed by atoms with van der Waals surface area (Å²) in [6, 6.07) is 12.8. The fourth-order valence-electron chi connectivity index (χ4n) is 3.28. The number of aryl methyl sites for hydroxylation is 1. The number of alkyl halides is 3. The Labute approximate surface area is 181 Å². The Morgan fingerprint density at radius 3 is 2.65 bits per heavy atom. The van der Waals surface area contributed by atoms with Gasteiger partial charge in [-0.05, 0) is 55.5 Å². The molecule has 4 rings (SSSR count). The molecule has 162 valence electrons. The number of rotatable bonds is 6. The molecule has 0 aliphatic carbocycles. The number of carbonyl (C=O) groups excluding carboxylic acids is 1. The summed E-state index contributed by atoms with van der Waals surface area (Å²) in [5.41, 5.74) is 0.433. The summed E-state index contributed by atoms with van der Waals surface area (Å²) in [5, 5.41) is 9.92. The number of nitrogens with zero attached hydrogens (tertiary/aromatic N) is 2. The molecular formula is C21H19ClF2N4O3. The van der Waals surface area contributed by atoms with Gasteiger partial charge in [0.15, 0.2) is 0 Å². The van der Waals surface area contributed by atoms with Gasteiger partial charge in [0.05, 0.1) is 18.0 Å². The van der Waals surface area contributed by atoms with Crippen LogP contribution in [0.4, 0.5) is 20.2 Å². The molecule has 0 spiro atoms. The molecule has 1 fully saturated rings. The Morgan fingerprint density at radius 1 is 1.26 bits per heavy atom. The van der Waals surface area contributed by atoms with E-state index in [0.29, 0.717) is 24.6 Å². The third-order valence-electron chi connectivity index (χ3n) is 4.69. The molecule has 10 heteroatoms. The van der Waals surface area contributed by atoms with Crippen LogP contribution in [0.5, 0.6) is 5.75 Å². The van der Waals surface area contributed by atoms with Crippen LogP contribution >= 0.6 is 11.6 Å². The first-order valence-electron chi connectivity index (χ1n) is 9.45. The summed E-state index contributed by atoms with van der Waals surface area (Å²) in [5.74, 6) is -0.467. The summed E-state index contributed by atoms with van der Waals surface area (Å²) < 4.78 is 35.2. The second kappa shape index (κ2) is 8.52. The molecule has 1 aromatic heterocycles. The SMILES string of the molecule is Cc1cc(-c2cc(C(=O)Nc3ccc(OC(F)(F)Cl)cc3)ccc2N2CCOC2)[nH]n1. The van der Waals surface area contributed by atoms with Gasteiger partial charge in [-0.3, -0.25) is 9.89 Å². The van der Waals surface area contributed by atoms with E-state index in [0.717, 1.165) is 29.2 Å². The van der Waals surface area contributed by atoms with Gasteiger partial charge in [0.2, 0.25) is 0 Å². The quantitative estimate of drug-likeness (QED) is 0.539. The molecule has 2 heterocycles. The van der Waals surface area contributed by atoms with E-state index in [1.807, 2.05) is 19.1 Å². The normalized spacial score (nSPS) is 14.0. The molecule has 31 heavy (non-hydrogen) atoms. The van der Waals surface area contributed by atoms with Gasteiger partial charge in [0.1, 0.15) is 12.5 Å². The number of anilines is 2. The van der Waals surface area contributed by atoms with Crippen LogP contribution in [-0.4, -0.2) is 41.6 Å². The van der Waals surface area contributed by atoms with Gasteiger partial charge in [-0.2, -0.15) is 5.10 Å². The third kappa shape index (κ3) is 5.12. The Balaban J connectivity index is 1.57. The molecule has 2 N–H and O–H groups in total. The molecule has 7 nitrogen and oxygen atoms in total. The predicted molar refractivity (Wildman–Crippen MR) is 113 cm³/mol. The van der Waals surface area contributed by atoms with Crippen molar-refractivity contribution in [3.8, 4) is 17.0 Å². The third-order valence-corrected chi connectivity index (χ3v) is 4.77. The van der Waals surface area contributed by atoms with Gasteiger partial charge in [0.25, 0.3) is 5.91 Å². The molecule has 0 radical (unpaired) electrons. The van der Waals surface area contributed by atoms with Crippen LogP contribution in [0.1, 0.15) is 16.1 Å². The Morgan fingerprint density at radius 2 is 2.03 bits per heavy atom. The van der Waals surface area contributed by atoms with Crippen molar-refractivity contribution in [2.45, 2.75) is 12.5 Å². The van der Waals surface area contributed by atoms with E-state index in [1.165, 1.54) is 24.3 Å². The fraction of sp³-hybridized carbons (Fsp3) is 0.238. The lowest BCUT2D eigenvalue weighted by Gasteiger charge is -2.20. The molecular weight excluding hydrogens is 430 g/mol. The van der Waals surface area contributed by atoms with Crippen LogP contribution in [0.15, 0.2) is 48.5 Å². The minimum atomic E-state index is -3.80. The van der Waals surface area contributed by atoms with E-state index in [4.69, 9.17) is 16.3 Å². The van der Waals surface area contributed by atoms with Gasteiger partial charge >= 0.3 is 5.57 Å². The first-order valence-corrected chi connectivity index (χ1v) is 9.82. The fourth-order valence-corrected chi connectivity index (χ4v) is 3.36. The number of hydrogen-bond donors (Lipinski definition) is 2. The number of benzene rings is 2. The van der Waals surface area contributed by atoms with Gasteiger partial charge in [-0.15, -0.1) is 8.78 Å². The van der Waals surface area contributed by atoms with E-state index in [2.05, 4.69) is 25.2 Å². The summed E-state index contributed by atoms with van der Waals surface area (Å²) in [6.07, 6.45) is 0. The standard InChI is InChI=1S/C21H19ClF2N4O3/c1-13-10-18(27-26-13)17-11-14(2-7-19(17)28-8-9-30-12-28)20(29)25-15-3-5-16(6-4-15)31-21(22,23)24/h2-7,10-11H,8-9,12H2,1H3,(H,25,29)(H,26,27). The van der Waals surface area contributed by atoms with Gasteiger partial charge < -0.3 is 19.7 Å². The van der Waals surface area contributed by atoms with Crippen LogP contribution in [0.3, 0.4) is 0 Å². The average molecular weight is 449 g/mol. The van der Waals surface area contributed by atoms with Crippen molar-refractivity contribution < 1.29 is 23.0 Å². The van der Waals surface area contributed by atoms with Gasteiger partial charge in [-0.25, -0.2) is 0 Å². The molecule has 1 amide bonds. The lowest BCUT2D eigenvalue weighted by atomic mass is 10.0. The Bertz CT molecular complexity index is 1080. The topological polar surface area (TPSA) is 79.5 Å². The molecule has 3 aromatic rings. The van der Waals surface area contributed by atoms with Crippen molar-refractivity contribution in [1.29, 1.82) is 0 Å². The van der Waals surface area contributed by atoms with E-state index >= 15 is 0 Å². The van der Waals surface area contributed by atoms with Crippen molar-refractivity contribution in [2.24, 2.45) is 0 Å². The highest BCUT2D eigenvalue weighted by Gasteiger charge is 2.27. The zero-order chi connectivity index (χ0) is 22.0. The number of hydrogen-bond acceptors (Lipinski definition) is 5. The summed E-state index contributed by atoms with van der Waals surface area (Å²) in [7, 11) is 0. The van der Waals surface area contributed by atoms with E-state index in [-0.39, 0.29) is 11.7 Å². The largest absolute Gasteiger partial charge is 0.487 e.